The van der Waals surface area contributed by atoms with Crippen molar-refractivity contribution in [2.24, 2.45) is 5.73 Å². The van der Waals surface area contributed by atoms with E-state index >= 15 is 0 Å². The van der Waals surface area contributed by atoms with E-state index in [1.165, 1.54) is 0 Å². The minimum atomic E-state index is -0.343. The summed E-state index contributed by atoms with van der Waals surface area (Å²) in [6.07, 6.45) is 1.61. The van der Waals surface area contributed by atoms with Crippen LogP contribution in [0.4, 0.5) is 0 Å². The van der Waals surface area contributed by atoms with Crippen molar-refractivity contribution in [2.45, 2.75) is 58.7 Å². The highest BCUT2D eigenvalue weighted by atomic mass is 16.5. The van der Waals surface area contributed by atoms with Gasteiger partial charge in [0.1, 0.15) is 11.4 Å². The Kier molecular flexibility index (Phi) is 6.61. The van der Waals surface area contributed by atoms with E-state index < -0.39 is 0 Å². The second-order valence-corrected chi connectivity index (χ2v) is 7.55. The molecule has 0 bridgehead atoms. The molecule has 0 aliphatic carbocycles. The maximum absolute atomic E-state index is 6.11. The third-order valence-corrected chi connectivity index (χ3v) is 4.03. The quantitative estimate of drug-likeness (QED) is 0.735. The topological polar surface area (TPSA) is 96.0 Å². The average molecular weight is 359 g/mol. The van der Waals surface area contributed by atoms with Crippen LogP contribution in [0, 0.1) is 6.92 Å². The molecule has 0 aliphatic rings. The van der Waals surface area contributed by atoms with Crippen LogP contribution < -0.4 is 10.5 Å². The Hall–Kier alpha value is -2.12. The van der Waals surface area contributed by atoms with E-state index in [1.807, 2.05) is 24.3 Å². The largest absolute Gasteiger partial charge is 0.488 e. The number of hydrogen-bond donors (Lipinski definition) is 1. The molecule has 0 radical (unpaired) electrons. The molecular weight excluding hydrogens is 330 g/mol. The predicted molar refractivity (Wildman–Crippen MR) is 101 cm³/mol. The van der Waals surface area contributed by atoms with Crippen LogP contribution in [0.1, 0.15) is 46.4 Å². The van der Waals surface area contributed by atoms with Crippen molar-refractivity contribution >= 4 is 0 Å². The smallest absolute Gasteiger partial charge is 0.203 e. The molecule has 0 saturated carbocycles. The van der Waals surface area contributed by atoms with E-state index in [0.29, 0.717) is 24.8 Å². The Morgan fingerprint density at radius 1 is 0.885 bits per heavy atom. The summed E-state index contributed by atoms with van der Waals surface area (Å²) in [4.78, 5) is 0. The van der Waals surface area contributed by atoms with Gasteiger partial charge in [0.25, 0.3) is 0 Å². The van der Waals surface area contributed by atoms with Crippen LogP contribution in [-0.2, 0) is 4.74 Å². The molecule has 2 rings (SSSR count). The number of hydrogen-bond acceptors (Lipinski definition) is 7. The summed E-state index contributed by atoms with van der Waals surface area (Å²) < 4.78 is 12.0. The van der Waals surface area contributed by atoms with Gasteiger partial charge in [-0.05, 0) is 71.8 Å². The van der Waals surface area contributed by atoms with Gasteiger partial charge >= 0.3 is 0 Å². The monoisotopic (exact) mass is 359 g/mol. The second kappa shape index (κ2) is 8.51. The minimum absolute atomic E-state index is 0.206. The molecule has 0 saturated heterocycles. The first kappa shape index (κ1) is 20.2. The van der Waals surface area contributed by atoms with E-state index in [2.05, 4.69) is 48.1 Å². The molecular formula is C19H29N5O2. The normalized spacial score (nSPS) is 12.2. The highest BCUT2D eigenvalue weighted by molar-refractivity contribution is 5.55. The zero-order valence-electron chi connectivity index (χ0n) is 16.3. The SMILES string of the molecule is Cc1nnc(-c2ccc(OC(C)(C)CCOC(C)(C)CCN)cc2)nn1. The lowest BCUT2D eigenvalue weighted by Crippen LogP contribution is -2.33. The Morgan fingerprint density at radius 3 is 2.08 bits per heavy atom. The van der Waals surface area contributed by atoms with Crippen molar-refractivity contribution in [1.29, 1.82) is 0 Å². The molecule has 7 nitrogen and oxygen atoms in total. The summed E-state index contributed by atoms with van der Waals surface area (Å²) in [6.45, 7) is 11.2. The van der Waals surface area contributed by atoms with Crippen LogP contribution in [-0.4, -0.2) is 44.7 Å². The molecule has 142 valence electrons. The van der Waals surface area contributed by atoms with Gasteiger partial charge in [0.05, 0.1) is 12.2 Å². The summed E-state index contributed by atoms with van der Waals surface area (Å²) in [6, 6.07) is 7.61. The number of nitrogens with zero attached hydrogens (tertiary/aromatic N) is 4. The van der Waals surface area contributed by atoms with Gasteiger partial charge in [-0.25, -0.2) is 0 Å². The third kappa shape index (κ3) is 6.31. The van der Waals surface area contributed by atoms with Gasteiger partial charge in [-0.15, -0.1) is 20.4 Å². The number of ether oxygens (including phenoxy) is 2. The lowest BCUT2D eigenvalue weighted by Gasteiger charge is -2.30. The maximum Gasteiger partial charge on any atom is 0.203 e. The van der Waals surface area contributed by atoms with E-state index in [4.69, 9.17) is 15.2 Å². The van der Waals surface area contributed by atoms with E-state index in [0.717, 1.165) is 24.2 Å². The van der Waals surface area contributed by atoms with Crippen LogP contribution in [0.2, 0.25) is 0 Å². The van der Waals surface area contributed by atoms with Crippen LogP contribution in [0.15, 0.2) is 24.3 Å². The highest BCUT2D eigenvalue weighted by Gasteiger charge is 2.23. The minimum Gasteiger partial charge on any atom is -0.488 e. The molecule has 1 aromatic heterocycles. The Bertz CT molecular complexity index is 684. The molecule has 1 aromatic carbocycles. The zero-order chi connectivity index (χ0) is 19.2. The van der Waals surface area contributed by atoms with Crippen molar-refractivity contribution in [2.75, 3.05) is 13.2 Å². The number of nitrogens with two attached hydrogens (primary N) is 1. The van der Waals surface area contributed by atoms with Crippen LogP contribution in [0.25, 0.3) is 11.4 Å². The van der Waals surface area contributed by atoms with Gasteiger partial charge in [0, 0.05) is 12.0 Å². The Balaban J connectivity index is 1.91. The summed E-state index contributed by atoms with van der Waals surface area (Å²) >= 11 is 0. The van der Waals surface area contributed by atoms with Gasteiger partial charge < -0.3 is 15.2 Å². The van der Waals surface area contributed by atoms with E-state index in [1.54, 1.807) is 6.92 Å². The van der Waals surface area contributed by atoms with Crippen molar-refractivity contribution in [3.05, 3.63) is 30.1 Å². The van der Waals surface area contributed by atoms with Crippen LogP contribution in [0.5, 0.6) is 5.75 Å². The fraction of sp³-hybridized carbons (Fsp3) is 0.579. The van der Waals surface area contributed by atoms with Crippen LogP contribution in [0.3, 0.4) is 0 Å². The lowest BCUT2D eigenvalue weighted by atomic mass is 10.0. The van der Waals surface area contributed by atoms with Crippen LogP contribution >= 0.6 is 0 Å². The highest BCUT2D eigenvalue weighted by Crippen LogP contribution is 2.25. The lowest BCUT2D eigenvalue weighted by molar-refractivity contribution is -0.0435. The number of benzene rings is 1. The number of rotatable bonds is 9. The summed E-state index contributed by atoms with van der Waals surface area (Å²) in [7, 11) is 0. The molecule has 2 aromatic rings. The van der Waals surface area contributed by atoms with Crippen molar-refractivity contribution in [3.8, 4) is 17.1 Å². The molecule has 7 heteroatoms. The summed E-state index contributed by atoms with van der Waals surface area (Å²) in [5.41, 5.74) is 5.91. The number of aromatic nitrogens is 4. The molecule has 1 heterocycles. The first-order valence-corrected chi connectivity index (χ1v) is 8.88. The Labute approximate surface area is 155 Å². The summed E-state index contributed by atoms with van der Waals surface area (Å²) in [5, 5.41) is 15.9. The number of aryl methyl sites for hydroxylation is 1. The second-order valence-electron chi connectivity index (χ2n) is 7.55. The van der Waals surface area contributed by atoms with E-state index in [-0.39, 0.29) is 11.2 Å². The van der Waals surface area contributed by atoms with E-state index in [9.17, 15) is 0 Å². The molecule has 2 N–H and O–H groups in total. The van der Waals surface area contributed by atoms with Gasteiger partial charge in [0.2, 0.25) is 5.82 Å². The molecule has 0 unspecified atom stereocenters. The molecule has 0 amide bonds. The fourth-order valence-electron chi connectivity index (χ4n) is 2.43. The zero-order valence-corrected chi connectivity index (χ0v) is 16.3. The first-order valence-electron chi connectivity index (χ1n) is 8.88. The fourth-order valence-corrected chi connectivity index (χ4v) is 2.43. The van der Waals surface area contributed by atoms with Crippen molar-refractivity contribution in [3.63, 3.8) is 0 Å². The van der Waals surface area contributed by atoms with Gasteiger partial charge in [-0.1, -0.05) is 0 Å². The van der Waals surface area contributed by atoms with Gasteiger partial charge in [0.15, 0.2) is 5.82 Å². The molecule has 0 spiro atoms. The molecule has 0 fully saturated rings. The Morgan fingerprint density at radius 2 is 1.50 bits per heavy atom. The predicted octanol–water partition coefficient (Wildman–Crippen LogP) is 2.93. The third-order valence-electron chi connectivity index (χ3n) is 4.03. The first-order chi connectivity index (χ1) is 12.2. The van der Waals surface area contributed by atoms with Gasteiger partial charge in [-0.3, -0.25) is 0 Å². The molecule has 26 heavy (non-hydrogen) atoms. The molecule has 0 atom stereocenters. The standard InChI is InChI=1S/C19H29N5O2/c1-14-21-23-17(24-22-14)15-6-8-16(9-7-15)26-19(4,5)11-13-25-18(2,3)10-12-20/h6-9H,10-13,20H2,1-5H3. The average Bonchev–Trinajstić information content (AvgIpc) is 2.55. The molecule has 0 aliphatic heterocycles. The van der Waals surface area contributed by atoms with Gasteiger partial charge in [-0.2, -0.15) is 0 Å². The maximum atomic E-state index is 6.11. The van der Waals surface area contributed by atoms with Crippen molar-refractivity contribution in [1.82, 2.24) is 20.4 Å². The summed E-state index contributed by atoms with van der Waals surface area (Å²) in [5.74, 6) is 1.83. The van der Waals surface area contributed by atoms with Crippen molar-refractivity contribution < 1.29 is 9.47 Å².